The number of benzene rings is 1. The minimum atomic E-state index is 0.391. The van der Waals surface area contributed by atoms with Crippen molar-refractivity contribution >= 4 is 0 Å². The van der Waals surface area contributed by atoms with Gasteiger partial charge in [0.1, 0.15) is 6.61 Å². The summed E-state index contributed by atoms with van der Waals surface area (Å²) in [6.45, 7) is 1.38. The smallest absolute Gasteiger partial charge is 0.162 e. The summed E-state index contributed by atoms with van der Waals surface area (Å²) in [4.78, 5) is 0. The van der Waals surface area contributed by atoms with Crippen LogP contribution in [0.25, 0.3) is 0 Å². The van der Waals surface area contributed by atoms with Crippen molar-refractivity contribution in [2.45, 2.75) is 19.8 Å². The second-order valence-corrected chi connectivity index (χ2v) is 3.47. The highest BCUT2D eigenvalue weighted by molar-refractivity contribution is 5.13. The van der Waals surface area contributed by atoms with Gasteiger partial charge in [0.05, 0.1) is 12.3 Å². The van der Waals surface area contributed by atoms with Crippen LogP contribution in [0.4, 0.5) is 0 Å². The maximum absolute atomic E-state index is 5.49. The van der Waals surface area contributed by atoms with E-state index in [1.165, 1.54) is 0 Å². The first-order valence-electron chi connectivity index (χ1n) is 5.14. The lowest BCUT2D eigenvalue weighted by molar-refractivity contribution is 0.0883. The number of hydrogen-bond acceptors (Lipinski definition) is 4. The molecule has 4 heteroatoms. The average Bonchev–Trinajstić information content (AvgIpc) is 2.78. The minimum absolute atomic E-state index is 0.391. The van der Waals surface area contributed by atoms with Crippen LogP contribution in [0.3, 0.4) is 0 Å². The predicted octanol–water partition coefficient (Wildman–Crippen LogP) is 1.85. The number of nitrogens with zero attached hydrogens (tertiary/aromatic N) is 1. The van der Waals surface area contributed by atoms with E-state index in [4.69, 9.17) is 15.0 Å². The van der Waals surface area contributed by atoms with Crippen LogP contribution < -0.4 is 5.73 Å². The van der Waals surface area contributed by atoms with Crippen molar-refractivity contribution in [1.29, 1.82) is 0 Å². The molecule has 0 amide bonds. The number of aromatic nitrogens is 1. The van der Waals surface area contributed by atoms with E-state index in [1.54, 1.807) is 0 Å². The summed E-state index contributed by atoms with van der Waals surface area (Å²) in [5, 5.41) is 3.78. The van der Waals surface area contributed by atoms with Crippen LogP contribution in [0.2, 0.25) is 0 Å². The van der Waals surface area contributed by atoms with Gasteiger partial charge >= 0.3 is 0 Å². The zero-order valence-corrected chi connectivity index (χ0v) is 8.93. The zero-order chi connectivity index (χ0) is 11.2. The maximum Gasteiger partial charge on any atom is 0.162 e. The number of hydrogen-bond donors (Lipinski definition) is 1. The monoisotopic (exact) mass is 218 g/mol. The van der Waals surface area contributed by atoms with E-state index in [1.807, 2.05) is 36.4 Å². The van der Waals surface area contributed by atoms with E-state index in [0.29, 0.717) is 25.5 Å². The predicted molar refractivity (Wildman–Crippen MR) is 59.3 cm³/mol. The Morgan fingerprint density at radius 2 is 2.00 bits per heavy atom. The second kappa shape index (κ2) is 5.44. The Hall–Kier alpha value is -1.65. The van der Waals surface area contributed by atoms with Crippen LogP contribution in [0, 0.1) is 0 Å². The summed E-state index contributed by atoms with van der Waals surface area (Å²) in [5.41, 5.74) is 7.31. The lowest BCUT2D eigenvalue weighted by Crippen LogP contribution is -1.95. The molecule has 0 spiro atoms. The molecule has 16 heavy (non-hydrogen) atoms. The topological polar surface area (TPSA) is 61.3 Å². The third kappa shape index (κ3) is 2.92. The van der Waals surface area contributed by atoms with Crippen molar-refractivity contribution in [3.05, 3.63) is 53.4 Å². The van der Waals surface area contributed by atoms with Crippen LogP contribution in [-0.4, -0.2) is 5.16 Å². The average molecular weight is 218 g/mol. The van der Waals surface area contributed by atoms with Gasteiger partial charge in [-0.3, -0.25) is 0 Å². The van der Waals surface area contributed by atoms with E-state index in [-0.39, 0.29) is 0 Å². The van der Waals surface area contributed by atoms with Gasteiger partial charge in [-0.05, 0) is 5.56 Å². The Morgan fingerprint density at radius 1 is 1.19 bits per heavy atom. The molecular weight excluding hydrogens is 204 g/mol. The summed E-state index contributed by atoms with van der Waals surface area (Å²) in [6.07, 6.45) is 0. The van der Waals surface area contributed by atoms with E-state index < -0.39 is 0 Å². The molecule has 0 saturated carbocycles. The molecule has 0 aliphatic heterocycles. The van der Waals surface area contributed by atoms with Gasteiger partial charge in [0.15, 0.2) is 5.76 Å². The van der Waals surface area contributed by atoms with Gasteiger partial charge in [-0.2, -0.15) is 0 Å². The normalized spacial score (nSPS) is 10.6. The van der Waals surface area contributed by atoms with Gasteiger partial charge < -0.3 is 15.0 Å². The molecule has 2 aromatic rings. The van der Waals surface area contributed by atoms with Gasteiger partial charge in [-0.1, -0.05) is 35.5 Å². The van der Waals surface area contributed by atoms with Gasteiger partial charge in [0.25, 0.3) is 0 Å². The molecule has 84 valence electrons. The molecule has 0 atom stereocenters. The molecule has 0 aliphatic rings. The van der Waals surface area contributed by atoms with Crippen molar-refractivity contribution in [1.82, 2.24) is 5.16 Å². The second-order valence-electron chi connectivity index (χ2n) is 3.47. The van der Waals surface area contributed by atoms with Crippen LogP contribution in [0.15, 0.2) is 40.9 Å². The van der Waals surface area contributed by atoms with Crippen molar-refractivity contribution in [2.75, 3.05) is 0 Å². The van der Waals surface area contributed by atoms with E-state index in [0.717, 1.165) is 11.3 Å². The van der Waals surface area contributed by atoms with Crippen LogP contribution in [0.5, 0.6) is 0 Å². The Balaban J connectivity index is 1.80. The molecule has 0 saturated heterocycles. The fourth-order valence-corrected chi connectivity index (χ4v) is 1.36. The van der Waals surface area contributed by atoms with Gasteiger partial charge in [-0.25, -0.2) is 0 Å². The summed E-state index contributed by atoms with van der Waals surface area (Å²) in [6, 6.07) is 11.8. The van der Waals surface area contributed by atoms with E-state index in [9.17, 15) is 0 Å². The minimum Gasteiger partial charge on any atom is -0.369 e. The van der Waals surface area contributed by atoms with Crippen molar-refractivity contribution < 1.29 is 9.26 Å². The molecule has 2 rings (SSSR count). The summed E-state index contributed by atoms with van der Waals surface area (Å²) < 4.78 is 10.5. The van der Waals surface area contributed by atoms with Gasteiger partial charge in [-0.15, -0.1) is 0 Å². The van der Waals surface area contributed by atoms with E-state index in [2.05, 4.69) is 5.16 Å². The first-order chi connectivity index (χ1) is 7.88. The Labute approximate surface area is 94.0 Å². The Bertz CT molecular complexity index is 426. The van der Waals surface area contributed by atoms with Crippen LogP contribution in [-0.2, 0) is 24.5 Å². The zero-order valence-electron chi connectivity index (χ0n) is 8.93. The maximum atomic E-state index is 5.49. The van der Waals surface area contributed by atoms with Gasteiger partial charge in [0.2, 0.25) is 0 Å². The van der Waals surface area contributed by atoms with Gasteiger partial charge in [0, 0.05) is 12.6 Å². The van der Waals surface area contributed by atoms with E-state index >= 15 is 0 Å². The molecule has 0 bridgehead atoms. The fourth-order valence-electron chi connectivity index (χ4n) is 1.36. The van der Waals surface area contributed by atoms with Crippen LogP contribution >= 0.6 is 0 Å². The molecule has 0 fully saturated rings. The molecule has 1 aromatic heterocycles. The lowest BCUT2D eigenvalue weighted by Gasteiger charge is -2.00. The molecule has 0 aliphatic carbocycles. The molecule has 0 unspecified atom stereocenters. The molecule has 0 radical (unpaired) electrons. The summed E-state index contributed by atoms with van der Waals surface area (Å²) in [7, 11) is 0. The van der Waals surface area contributed by atoms with Crippen LogP contribution in [0.1, 0.15) is 17.0 Å². The first kappa shape index (κ1) is 10.9. The fraction of sp³-hybridized carbons (Fsp3) is 0.250. The third-order valence-corrected chi connectivity index (χ3v) is 2.17. The third-order valence-electron chi connectivity index (χ3n) is 2.17. The molecule has 1 heterocycles. The Kier molecular flexibility index (Phi) is 3.69. The molecule has 2 N–H and O–H groups in total. The summed E-state index contributed by atoms with van der Waals surface area (Å²) in [5.74, 6) is 0.705. The van der Waals surface area contributed by atoms with Crippen molar-refractivity contribution in [3.8, 4) is 0 Å². The number of ether oxygens (including phenoxy) is 1. The highest BCUT2D eigenvalue weighted by Crippen LogP contribution is 2.07. The van der Waals surface area contributed by atoms with Crippen molar-refractivity contribution in [3.63, 3.8) is 0 Å². The molecular formula is C12H14N2O2. The lowest BCUT2D eigenvalue weighted by atomic mass is 10.2. The first-order valence-corrected chi connectivity index (χ1v) is 5.14. The number of nitrogens with two attached hydrogens (primary N) is 1. The quantitative estimate of drug-likeness (QED) is 0.832. The largest absolute Gasteiger partial charge is 0.369 e. The standard InChI is InChI=1S/C12H14N2O2/c13-7-11-6-12(16-14-11)9-15-8-10-4-2-1-3-5-10/h1-6H,7-9,13H2. The molecule has 4 nitrogen and oxygen atoms in total. The SMILES string of the molecule is NCc1cc(COCc2ccccc2)on1. The highest BCUT2D eigenvalue weighted by atomic mass is 16.5. The number of rotatable bonds is 5. The highest BCUT2D eigenvalue weighted by Gasteiger charge is 2.02. The van der Waals surface area contributed by atoms with Crippen molar-refractivity contribution in [2.24, 2.45) is 5.73 Å². The summed E-state index contributed by atoms with van der Waals surface area (Å²) >= 11 is 0. The Morgan fingerprint density at radius 3 is 2.69 bits per heavy atom. The molecule has 1 aromatic carbocycles.